The molecule has 0 spiro atoms. The van der Waals surface area contributed by atoms with E-state index in [0.717, 1.165) is 38.6 Å². The number of ether oxygens (including phenoxy) is 1. The fourth-order valence-corrected chi connectivity index (χ4v) is 3.23. The average Bonchev–Trinajstić information content (AvgIpc) is 2.48. The lowest BCUT2D eigenvalue weighted by atomic mass is 10.1. The van der Waals surface area contributed by atoms with Gasteiger partial charge in [0.2, 0.25) is 0 Å². The van der Waals surface area contributed by atoms with Crippen LogP contribution in [-0.4, -0.2) is 54.3 Å². The van der Waals surface area contributed by atoms with Crippen LogP contribution in [0.1, 0.15) is 28.5 Å². The fourth-order valence-electron chi connectivity index (χ4n) is 2.23. The van der Waals surface area contributed by atoms with Crippen molar-refractivity contribution in [3.63, 3.8) is 0 Å². The molecule has 0 aliphatic carbocycles. The van der Waals surface area contributed by atoms with Crippen LogP contribution in [0.2, 0.25) is 0 Å². The highest BCUT2D eigenvalue weighted by Crippen LogP contribution is 2.23. The first-order chi connectivity index (χ1) is 10.1. The van der Waals surface area contributed by atoms with Gasteiger partial charge in [0, 0.05) is 36.6 Å². The highest BCUT2D eigenvalue weighted by atomic mass is 32.2. The van der Waals surface area contributed by atoms with E-state index in [4.69, 9.17) is 4.74 Å². The zero-order valence-corrected chi connectivity index (χ0v) is 13.2. The quantitative estimate of drug-likeness (QED) is 0.611. The minimum absolute atomic E-state index is 0.0543. The first-order valence-electron chi connectivity index (χ1n) is 6.97. The van der Waals surface area contributed by atoms with Gasteiger partial charge in [0.15, 0.2) is 5.78 Å². The molecule has 0 saturated carbocycles. The third-order valence-electron chi connectivity index (χ3n) is 3.43. The number of hydrogen-bond acceptors (Lipinski definition) is 6. The van der Waals surface area contributed by atoms with Crippen LogP contribution >= 0.6 is 11.8 Å². The number of Topliss-reactive ketones (excluding diaryl/α,β-unsaturated/α-hetero) is 1. The molecule has 2 heterocycles. The number of aromatic nitrogens is 1. The Balaban J connectivity index is 2.00. The van der Waals surface area contributed by atoms with Crippen molar-refractivity contribution >= 4 is 17.5 Å². The van der Waals surface area contributed by atoms with Gasteiger partial charge in [-0.2, -0.15) is 5.26 Å². The maximum atomic E-state index is 11.5. The van der Waals surface area contributed by atoms with Crippen molar-refractivity contribution in [2.75, 3.05) is 38.6 Å². The molecule has 0 radical (unpaired) electrons. The SMILES string of the molecule is CC(=O)c1cc(C#N)c(SCCN2CCOCC2)nc1C. The second kappa shape index (κ2) is 7.55. The summed E-state index contributed by atoms with van der Waals surface area (Å²) in [5, 5.41) is 9.94. The number of aryl methyl sites for hydroxylation is 1. The molecule has 6 heteroatoms. The fraction of sp³-hybridized carbons (Fsp3) is 0.533. The Labute approximate surface area is 129 Å². The van der Waals surface area contributed by atoms with Crippen molar-refractivity contribution in [3.8, 4) is 6.07 Å². The molecule has 0 bridgehead atoms. The largest absolute Gasteiger partial charge is 0.379 e. The number of morpholine rings is 1. The van der Waals surface area contributed by atoms with Crippen LogP contribution in [0.4, 0.5) is 0 Å². The van der Waals surface area contributed by atoms with Gasteiger partial charge in [0.25, 0.3) is 0 Å². The van der Waals surface area contributed by atoms with E-state index in [-0.39, 0.29) is 5.78 Å². The number of nitrogens with zero attached hydrogens (tertiary/aromatic N) is 3. The predicted molar refractivity (Wildman–Crippen MR) is 81.7 cm³/mol. The minimum Gasteiger partial charge on any atom is -0.379 e. The van der Waals surface area contributed by atoms with Gasteiger partial charge >= 0.3 is 0 Å². The summed E-state index contributed by atoms with van der Waals surface area (Å²) in [5.41, 5.74) is 1.71. The van der Waals surface area contributed by atoms with Crippen molar-refractivity contribution in [1.29, 1.82) is 5.26 Å². The maximum Gasteiger partial charge on any atom is 0.161 e. The Morgan fingerprint density at radius 2 is 2.24 bits per heavy atom. The first kappa shape index (κ1) is 16.0. The maximum absolute atomic E-state index is 11.5. The zero-order valence-electron chi connectivity index (χ0n) is 12.4. The second-order valence-electron chi connectivity index (χ2n) is 4.94. The van der Waals surface area contributed by atoms with E-state index in [1.807, 2.05) is 6.92 Å². The van der Waals surface area contributed by atoms with Gasteiger partial charge < -0.3 is 4.74 Å². The summed E-state index contributed by atoms with van der Waals surface area (Å²) in [6.45, 7) is 7.76. The molecule has 112 valence electrons. The van der Waals surface area contributed by atoms with E-state index >= 15 is 0 Å². The number of carbonyl (C=O) groups is 1. The number of ketones is 1. The predicted octanol–water partition coefficient (Wildman–Crippen LogP) is 1.89. The summed E-state index contributed by atoms with van der Waals surface area (Å²) in [5.74, 6) is 0.821. The highest BCUT2D eigenvalue weighted by Gasteiger charge is 2.14. The molecule has 0 unspecified atom stereocenters. The molecule has 2 rings (SSSR count). The van der Waals surface area contributed by atoms with Crippen LogP contribution in [0, 0.1) is 18.3 Å². The molecule has 1 aliphatic heterocycles. The Hall–Kier alpha value is -1.42. The van der Waals surface area contributed by atoms with Crippen molar-refractivity contribution in [1.82, 2.24) is 9.88 Å². The molecule has 0 N–H and O–H groups in total. The lowest BCUT2D eigenvalue weighted by Crippen LogP contribution is -2.37. The van der Waals surface area contributed by atoms with E-state index in [0.29, 0.717) is 21.8 Å². The molecule has 5 nitrogen and oxygen atoms in total. The van der Waals surface area contributed by atoms with Gasteiger partial charge in [0.05, 0.1) is 18.8 Å². The van der Waals surface area contributed by atoms with Gasteiger partial charge in [0.1, 0.15) is 11.1 Å². The molecule has 0 aromatic carbocycles. The normalized spacial score (nSPS) is 15.7. The molecular weight excluding hydrogens is 286 g/mol. The summed E-state index contributed by atoms with van der Waals surface area (Å²) < 4.78 is 5.32. The van der Waals surface area contributed by atoms with Gasteiger partial charge in [-0.3, -0.25) is 9.69 Å². The third-order valence-corrected chi connectivity index (χ3v) is 4.40. The molecule has 1 aliphatic rings. The summed E-state index contributed by atoms with van der Waals surface area (Å²) in [4.78, 5) is 18.3. The highest BCUT2D eigenvalue weighted by molar-refractivity contribution is 7.99. The number of thioether (sulfide) groups is 1. The van der Waals surface area contributed by atoms with E-state index in [1.54, 1.807) is 17.8 Å². The Morgan fingerprint density at radius 3 is 2.86 bits per heavy atom. The number of nitriles is 1. The van der Waals surface area contributed by atoms with E-state index in [9.17, 15) is 10.1 Å². The van der Waals surface area contributed by atoms with Crippen LogP contribution in [0.25, 0.3) is 0 Å². The number of carbonyl (C=O) groups excluding carboxylic acids is 1. The number of pyridine rings is 1. The zero-order chi connectivity index (χ0) is 15.2. The number of hydrogen-bond donors (Lipinski definition) is 0. The minimum atomic E-state index is -0.0543. The molecule has 1 aromatic heterocycles. The van der Waals surface area contributed by atoms with E-state index in [2.05, 4.69) is 16.0 Å². The van der Waals surface area contributed by atoms with E-state index in [1.165, 1.54) is 6.92 Å². The summed E-state index contributed by atoms with van der Waals surface area (Å²) in [6.07, 6.45) is 0. The first-order valence-corrected chi connectivity index (χ1v) is 7.96. The van der Waals surface area contributed by atoms with Crippen LogP contribution in [-0.2, 0) is 4.74 Å². The van der Waals surface area contributed by atoms with Crippen molar-refractivity contribution in [2.24, 2.45) is 0 Å². The third kappa shape index (κ3) is 4.27. The Morgan fingerprint density at radius 1 is 1.52 bits per heavy atom. The topological polar surface area (TPSA) is 66.2 Å². The average molecular weight is 305 g/mol. The second-order valence-corrected chi connectivity index (χ2v) is 6.03. The van der Waals surface area contributed by atoms with Crippen molar-refractivity contribution in [2.45, 2.75) is 18.9 Å². The molecule has 1 saturated heterocycles. The molecular formula is C15H19N3O2S. The lowest BCUT2D eigenvalue weighted by molar-refractivity contribution is 0.0410. The Kier molecular flexibility index (Phi) is 5.74. The number of rotatable bonds is 5. The van der Waals surface area contributed by atoms with Crippen LogP contribution in [0.3, 0.4) is 0 Å². The summed E-state index contributed by atoms with van der Waals surface area (Å²) in [6, 6.07) is 3.79. The molecule has 0 atom stereocenters. The Bertz CT molecular complexity index is 563. The van der Waals surface area contributed by atoms with Crippen LogP contribution < -0.4 is 0 Å². The molecule has 21 heavy (non-hydrogen) atoms. The van der Waals surface area contributed by atoms with Crippen LogP contribution in [0.15, 0.2) is 11.1 Å². The summed E-state index contributed by atoms with van der Waals surface area (Å²) >= 11 is 1.57. The standard InChI is InChI=1S/C15H19N3O2S/c1-11-14(12(2)19)9-13(10-16)15(17-11)21-8-5-18-3-6-20-7-4-18/h9H,3-8H2,1-2H3. The van der Waals surface area contributed by atoms with E-state index < -0.39 is 0 Å². The lowest BCUT2D eigenvalue weighted by Gasteiger charge is -2.26. The van der Waals surface area contributed by atoms with Crippen LogP contribution in [0.5, 0.6) is 0 Å². The van der Waals surface area contributed by atoms with Crippen molar-refractivity contribution in [3.05, 3.63) is 22.9 Å². The smallest absolute Gasteiger partial charge is 0.161 e. The van der Waals surface area contributed by atoms with Gasteiger partial charge in [-0.05, 0) is 19.9 Å². The molecule has 0 amide bonds. The molecule has 1 aromatic rings. The molecule has 1 fully saturated rings. The monoisotopic (exact) mass is 305 g/mol. The van der Waals surface area contributed by atoms with Gasteiger partial charge in [-0.25, -0.2) is 4.98 Å². The van der Waals surface area contributed by atoms with Gasteiger partial charge in [-0.15, -0.1) is 11.8 Å². The summed E-state index contributed by atoms with van der Waals surface area (Å²) in [7, 11) is 0. The van der Waals surface area contributed by atoms with Crippen molar-refractivity contribution < 1.29 is 9.53 Å². The van der Waals surface area contributed by atoms with Gasteiger partial charge in [-0.1, -0.05) is 0 Å².